The van der Waals surface area contributed by atoms with Crippen molar-refractivity contribution in [1.82, 2.24) is 0 Å². The lowest BCUT2D eigenvalue weighted by atomic mass is 10.0. The van der Waals surface area contributed by atoms with Crippen molar-refractivity contribution >= 4 is 24.0 Å². The molecular weight excluding hydrogens is 480 g/mol. The summed E-state index contributed by atoms with van der Waals surface area (Å²) in [5.41, 5.74) is 0. The molecule has 0 aromatic carbocycles. The number of rotatable bonds is 24. The Morgan fingerprint density at radius 3 is 1.82 bits per heavy atom. The maximum absolute atomic E-state index is 12.6. The molecule has 14 heteroatoms. The van der Waals surface area contributed by atoms with Gasteiger partial charge in [0.15, 0.2) is 0 Å². The number of unbranched alkanes of at least 4 members (excludes halogenated alkanes) is 2. The molecule has 0 saturated heterocycles. The van der Waals surface area contributed by atoms with E-state index >= 15 is 0 Å². The van der Waals surface area contributed by atoms with Gasteiger partial charge in [0.05, 0.1) is 31.7 Å². The van der Waals surface area contributed by atoms with Gasteiger partial charge in [-0.2, -0.15) is 0 Å². The summed E-state index contributed by atoms with van der Waals surface area (Å²) in [6.45, 7) is 8.77. The lowest BCUT2D eigenvalue weighted by Crippen LogP contribution is -2.27. The molecule has 1 N–H and O–H groups in total. The van der Waals surface area contributed by atoms with Crippen molar-refractivity contribution in [3.63, 3.8) is 0 Å². The molecule has 0 amide bonds. The monoisotopic (exact) mass is 518 g/mol. The van der Waals surface area contributed by atoms with E-state index in [9.17, 15) is 9.59 Å². The van der Waals surface area contributed by atoms with Gasteiger partial charge >= 0.3 is 11.9 Å². The van der Waals surface area contributed by atoms with Crippen molar-refractivity contribution < 1.29 is 63.9 Å². The van der Waals surface area contributed by atoms with Gasteiger partial charge in [0.25, 0.3) is 0 Å². The van der Waals surface area contributed by atoms with Crippen molar-refractivity contribution in [3.05, 3.63) is 0 Å². The van der Waals surface area contributed by atoms with E-state index in [1.807, 2.05) is 13.8 Å². The van der Waals surface area contributed by atoms with E-state index < -0.39 is 17.2 Å². The molecule has 0 aliphatic rings. The molecule has 3 unspecified atom stereocenters. The van der Waals surface area contributed by atoms with Gasteiger partial charge in [-0.15, -0.1) is 4.33 Å². The summed E-state index contributed by atoms with van der Waals surface area (Å²) in [7, 11) is 0. The predicted octanol–water partition coefficient (Wildman–Crippen LogP) is 4.92. The highest BCUT2D eigenvalue weighted by atomic mass is 32.2. The maximum atomic E-state index is 12.6. The Morgan fingerprint density at radius 2 is 1.29 bits per heavy atom. The molecule has 0 rings (SSSR count). The zero-order valence-electron chi connectivity index (χ0n) is 20.3. The van der Waals surface area contributed by atoms with Crippen molar-refractivity contribution in [1.29, 1.82) is 0 Å². The fourth-order valence-electron chi connectivity index (χ4n) is 2.80. The largest absolute Gasteiger partial charge is 0.465 e. The molecule has 0 aliphatic heterocycles. The first-order valence-electron chi connectivity index (χ1n) is 11.5. The van der Waals surface area contributed by atoms with E-state index in [2.05, 4.69) is 53.4 Å². The Bertz CT molecular complexity index is 497. The summed E-state index contributed by atoms with van der Waals surface area (Å²) in [5, 5.41) is 32.3. The van der Waals surface area contributed by atoms with Crippen LogP contribution in [0.15, 0.2) is 0 Å². The third kappa shape index (κ3) is 18.3. The first-order valence-corrected chi connectivity index (χ1v) is 12.3. The molecule has 34 heavy (non-hydrogen) atoms. The Kier molecular flexibility index (Phi) is 22.9. The minimum absolute atomic E-state index is 0.224. The molecule has 0 saturated carbocycles. The van der Waals surface area contributed by atoms with Gasteiger partial charge in [0, 0.05) is 0 Å². The van der Waals surface area contributed by atoms with E-state index in [4.69, 9.17) is 14.7 Å². The molecule has 0 aliphatic carbocycles. The molecule has 13 nitrogen and oxygen atoms in total. The average Bonchev–Trinajstić information content (AvgIpc) is 2.84. The summed E-state index contributed by atoms with van der Waals surface area (Å²) in [6, 6.07) is 0. The quantitative estimate of drug-likeness (QED) is 0.0605. The van der Waals surface area contributed by atoms with Crippen LogP contribution in [-0.2, 0) is 58.7 Å². The van der Waals surface area contributed by atoms with Crippen LogP contribution in [-0.4, -0.2) is 35.7 Å². The fraction of sp³-hybridized carbons (Fsp3) is 0.900. The number of hydrogen-bond acceptors (Lipinski definition) is 14. The Labute approximate surface area is 204 Å². The summed E-state index contributed by atoms with van der Waals surface area (Å²) in [4.78, 5) is 24.9. The van der Waals surface area contributed by atoms with Gasteiger partial charge in [0.2, 0.25) is 0 Å². The second-order valence-corrected chi connectivity index (χ2v) is 8.38. The van der Waals surface area contributed by atoms with Crippen LogP contribution >= 0.6 is 12.0 Å². The lowest BCUT2D eigenvalue weighted by molar-refractivity contribution is -0.825. The normalized spacial score (nSPS) is 13.9. The number of esters is 2. The zero-order valence-corrected chi connectivity index (χ0v) is 21.1. The van der Waals surface area contributed by atoms with E-state index in [1.165, 1.54) is 0 Å². The van der Waals surface area contributed by atoms with Crippen LogP contribution in [0.3, 0.4) is 0 Å². The minimum atomic E-state index is -1.08. The SMILES string of the molecule is CCCCC(CC)COC(=O)CC(SOOOOOOOOO)C(=O)OCC(CC)CCCC. The van der Waals surface area contributed by atoms with Gasteiger partial charge in [-0.05, 0) is 59.9 Å². The second kappa shape index (κ2) is 23.7. The molecule has 0 heterocycles. The zero-order chi connectivity index (χ0) is 25.4. The Balaban J connectivity index is 4.65. The van der Waals surface area contributed by atoms with E-state index in [1.54, 1.807) is 0 Å². The number of carbonyl (C=O) groups excluding carboxylic acids is 2. The Hall–Kier alpha value is -1.07. The molecule has 0 bridgehead atoms. The second-order valence-electron chi connectivity index (χ2n) is 7.49. The number of carbonyl (C=O) groups is 2. The van der Waals surface area contributed by atoms with Crippen molar-refractivity contribution in [2.45, 2.75) is 90.7 Å². The molecule has 3 atom stereocenters. The van der Waals surface area contributed by atoms with Crippen molar-refractivity contribution in [2.75, 3.05) is 13.2 Å². The summed E-state index contributed by atoms with van der Waals surface area (Å²) in [5.74, 6) is -0.742. The van der Waals surface area contributed by atoms with Crippen molar-refractivity contribution in [3.8, 4) is 0 Å². The standard InChI is InChI=1S/C20H38O13S/c1-5-9-11-16(7-3)14-24-19(21)13-18(34-33-32-31-30-29-28-27-26-23)20(22)25-15-17(8-4)12-10-6-2/h16-18,23H,5-15H2,1-4H3. The molecule has 0 aromatic heterocycles. The van der Waals surface area contributed by atoms with Crippen LogP contribution in [0.25, 0.3) is 0 Å². The van der Waals surface area contributed by atoms with Gasteiger partial charge in [-0.1, -0.05) is 66.2 Å². The summed E-state index contributed by atoms with van der Waals surface area (Å²) < 4.78 is 15.4. The molecular formula is C20H38O13S. The first kappa shape index (κ1) is 32.9. The van der Waals surface area contributed by atoms with Crippen LogP contribution in [0.2, 0.25) is 0 Å². The van der Waals surface area contributed by atoms with Crippen LogP contribution in [0.4, 0.5) is 0 Å². The minimum Gasteiger partial charge on any atom is -0.465 e. The maximum Gasteiger partial charge on any atom is 0.322 e. The van der Waals surface area contributed by atoms with Gasteiger partial charge in [-0.3, -0.25) is 9.59 Å². The molecule has 0 fully saturated rings. The molecule has 202 valence electrons. The average molecular weight is 519 g/mol. The number of ether oxygens (including phenoxy) is 2. The third-order valence-electron chi connectivity index (χ3n) is 5.00. The van der Waals surface area contributed by atoms with Gasteiger partial charge in [0.1, 0.15) is 5.25 Å². The molecule has 0 spiro atoms. The highest BCUT2D eigenvalue weighted by Crippen LogP contribution is 2.22. The van der Waals surface area contributed by atoms with Gasteiger partial charge < -0.3 is 9.47 Å². The highest BCUT2D eigenvalue weighted by molar-refractivity contribution is 7.95. The van der Waals surface area contributed by atoms with E-state index in [0.717, 1.165) is 51.4 Å². The van der Waals surface area contributed by atoms with Gasteiger partial charge in [-0.25, -0.2) is 5.26 Å². The van der Waals surface area contributed by atoms with Crippen LogP contribution in [0, 0.1) is 11.8 Å². The Morgan fingerprint density at radius 1 is 0.765 bits per heavy atom. The fourth-order valence-corrected chi connectivity index (χ4v) is 3.30. The first-order chi connectivity index (χ1) is 16.5. The molecule has 0 radical (unpaired) electrons. The van der Waals surface area contributed by atoms with E-state index in [0.29, 0.717) is 12.0 Å². The summed E-state index contributed by atoms with van der Waals surface area (Å²) in [6.07, 6.45) is 7.55. The topological polar surface area (TPSA) is 147 Å². The predicted molar refractivity (Wildman–Crippen MR) is 116 cm³/mol. The highest BCUT2D eigenvalue weighted by Gasteiger charge is 2.28. The number of hydrogen-bond donors (Lipinski definition) is 1. The summed E-state index contributed by atoms with van der Waals surface area (Å²) >= 11 is 0.462. The van der Waals surface area contributed by atoms with Crippen LogP contribution in [0.5, 0.6) is 0 Å². The smallest absolute Gasteiger partial charge is 0.322 e. The van der Waals surface area contributed by atoms with Crippen LogP contribution in [0.1, 0.15) is 85.5 Å². The van der Waals surface area contributed by atoms with Crippen LogP contribution < -0.4 is 0 Å². The van der Waals surface area contributed by atoms with Crippen molar-refractivity contribution in [2.24, 2.45) is 11.8 Å². The third-order valence-corrected chi connectivity index (χ3v) is 5.72. The molecule has 0 aromatic rings. The lowest BCUT2D eigenvalue weighted by Gasteiger charge is -2.18. The van der Waals surface area contributed by atoms with E-state index in [-0.39, 0.29) is 31.5 Å².